The second kappa shape index (κ2) is 8.36. The van der Waals surface area contributed by atoms with E-state index in [9.17, 15) is 14.4 Å². The fourth-order valence-electron chi connectivity index (χ4n) is 3.17. The van der Waals surface area contributed by atoms with E-state index >= 15 is 0 Å². The highest BCUT2D eigenvalue weighted by atomic mass is 16.5. The van der Waals surface area contributed by atoms with E-state index in [0.717, 1.165) is 5.56 Å². The number of aryl methyl sites for hydroxylation is 2. The first-order valence-corrected chi connectivity index (χ1v) is 9.30. The molecule has 0 aliphatic heterocycles. The van der Waals surface area contributed by atoms with Crippen molar-refractivity contribution >= 4 is 17.7 Å². The monoisotopic (exact) mass is 410 g/mol. The molecule has 3 aromatic rings. The lowest BCUT2D eigenvalue weighted by Crippen LogP contribution is -2.26. The van der Waals surface area contributed by atoms with Crippen LogP contribution < -0.4 is 0 Å². The van der Waals surface area contributed by atoms with E-state index in [1.807, 2.05) is 30.3 Å². The van der Waals surface area contributed by atoms with Crippen molar-refractivity contribution in [1.82, 2.24) is 9.97 Å². The summed E-state index contributed by atoms with van der Waals surface area (Å²) in [5.74, 6) is -1.20. The largest absolute Gasteiger partial charge is 0.465 e. The molecule has 0 fully saturated rings. The highest BCUT2D eigenvalue weighted by Crippen LogP contribution is 2.24. The molecule has 0 amide bonds. The fourth-order valence-corrected chi connectivity index (χ4v) is 3.17. The highest BCUT2D eigenvalue weighted by Gasteiger charge is 2.29. The Morgan fingerprint density at radius 3 is 2.37 bits per heavy atom. The van der Waals surface area contributed by atoms with Crippen LogP contribution >= 0.6 is 0 Å². The van der Waals surface area contributed by atoms with Crippen LogP contribution in [0.15, 0.2) is 34.7 Å². The third-order valence-electron chi connectivity index (χ3n) is 4.74. The van der Waals surface area contributed by atoms with E-state index in [1.54, 1.807) is 20.8 Å². The average molecular weight is 410 g/mol. The first-order valence-electron chi connectivity index (χ1n) is 9.30. The smallest absolute Gasteiger partial charge is 0.361 e. The average Bonchev–Trinajstić information content (AvgIpc) is 3.26. The number of hydrogen-bond acceptors (Lipinski definition) is 7. The minimum atomic E-state index is -1.10. The number of esters is 2. The summed E-state index contributed by atoms with van der Waals surface area (Å²) in [6, 6.07) is 9.13. The van der Waals surface area contributed by atoms with Gasteiger partial charge in [-0.05, 0) is 45.4 Å². The van der Waals surface area contributed by atoms with Gasteiger partial charge in [-0.15, -0.1) is 0 Å². The first-order chi connectivity index (χ1) is 14.2. The zero-order valence-corrected chi connectivity index (χ0v) is 17.4. The van der Waals surface area contributed by atoms with E-state index in [0.29, 0.717) is 22.6 Å². The number of Topliss-reactive ketones (excluding diaryl/α,β-unsaturated/α-hetero) is 1. The van der Waals surface area contributed by atoms with Crippen LogP contribution in [0.1, 0.15) is 55.3 Å². The molecule has 156 valence electrons. The van der Waals surface area contributed by atoms with Crippen LogP contribution in [0.5, 0.6) is 0 Å². The summed E-state index contributed by atoms with van der Waals surface area (Å²) < 4.78 is 15.6. The van der Waals surface area contributed by atoms with E-state index in [4.69, 9.17) is 13.9 Å². The molecule has 3 rings (SSSR count). The predicted molar refractivity (Wildman–Crippen MR) is 107 cm³/mol. The lowest BCUT2D eigenvalue weighted by atomic mass is 10.1. The number of H-pyrrole nitrogens is 1. The van der Waals surface area contributed by atoms with Gasteiger partial charge in [-0.25, -0.2) is 14.6 Å². The molecule has 8 heteroatoms. The molecule has 0 saturated carbocycles. The summed E-state index contributed by atoms with van der Waals surface area (Å²) in [5, 5.41) is 0. The van der Waals surface area contributed by atoms with Gasteiger partial charge in [0.05, 0.1) is 18.4 Å². The normalized spacial score (nSPS) is 11.8. The standard InChI is InChI=1S/C22H22N2O6/c1-11-16(21(26)28-5)12(2)23-17(11)19(25)14(4)30-22(27)18-13(3)29-20(24-18)15-9-7-6-8-10-15/h6-10,14,23H,1-5H3/t14-/m0/s1. The Balaban J connectivity index is 1.79. The molecule has 0 spiro atoms. The molecule has 1 N–H and O–H groups in total. The summed E-state index contributed by atoms with van der Waals surface area (Å²) in [6.07, 6.45) is -1.10. The number of benzene rings is 1. The second-order valence-electron chi connectivity index (χ2n) is 6.82. The van der Waals surface area contributed by atoms with Gasteiger partial charge in [-0.3, -0.25) is 4.79 Å². The lowest BCUT2D eigenvalue weighted by molar-refractivity contribution is 0.0310. The van der Waals surface area contributed by atoms with Crippen LogP contribution in [0.2, 0.25) is 0 Å². The van der Waals surface area contributed by atoms with Gasteiger partial charge in [0, 0.05) is 11.3 Å². The Hall–Kier alpha value is -3.68. The van der Waals surface area contributed by atoms with Gasteiger partial charge in [-0.1, -0.05) is 18.2 Å². The van der Waals surface area contributed by atoms with Crippen LogP contribution in [0.25, 0.3) is 11.5 Å². The number of nitrogens with one attached hydrogen (secondary N) is 1. The van der Waals surface area contributed by atoms with Gasteiger partial charge in [0.15, 0.2) is 11.8 Å². The van der Waals surface area contributed by atoms with Gasteiger partial charge in [-0.2, -0.15) is 0 Å². The molecule has 1 aromatic carbocycles. The molecule has 30 heavy (non-hydrogen) atoms. The summed E-state index contributed by atoms with van der Waals surface area (Å²) in [5.41, 5.74) is 2.14. The third-order valence-corrected chi connectivity index (χ3v) is 4.74. The number of oxazole rings is 1. The van der Waals surface area contributed by atoms with Crippen LogP contribution in [0.4, 0.5) is 0 Å². The van der Waals surface area contributed by atoms with Crippen molar-refractivity contribution in [2.75, 3.05) is 7.11 Å². The van der Waals surface area contributed by atoms with Gasteiger partial charge in [0.2, 0.25) is 11.7 Å². The Morgan fingerprint density at radius 1 is 1.07 bits per heavy atom. The number of ether oxygens (including phenoxy) is 2. The molecule has 8 nitrogen and oxygen atoms in total. The number of carbonyl (C=O) groups is 3. The first kappa shape index (κ1) is 21.0. The molecule has 0 aliphatic carbocycles. The maximum Gasteiger partial charge on any atom is 0.361 e. The van der Waals surface area contributed by atoms with Crippen molar-refractivity contribution in [3.63, 3.8) is 0 Å². The topological polar surface area (TPSA) is 111 Å². The lowest BCUT2D eigenvalue weighted by Gasteiger charge is -2.11. The molecule has 0 unspecified atom stereocenters. The zero-order valence-electron chi connectivity index (χ0n) is 17.4. The Labute approximate surface area is 173 Å². The fraction of sp³-hybridized carbons (Fsp3) is 0.273. The second-order valence-corrected chi connectivity index (χ2v) is 6.82. The van der Waals surface area contributed by atoms with Crippen molar-refractivity contribution < 1.29 is 28.3 Å². The Bertz CT molecular complexity index is 1110. The van der Waals surface area contributed by atoms with Crippen molar-refractivity contribution in [2.24, 2.45) is 0 Å². The van der Waals surface area contributed by atoms with Crippen LogP contribution in [0.3, 0.4) is 0 Å². The van der Waals surface area contributed by atoms with Crippen LogP contribution in [-0.2, 0) is 9.47 Å². The molecule has 0 radical (unpaired) electrons. The number of aromatic amines is 1. The number of rotatable bonds is 6. The van der Waals surface area contributed by atoms with Crippen molar-refractivity contribution in [3.05, 3.63) is 64.3 Å². The number of ketones is 1. The van der Waals surface area contributed by atoms with E-state index < -0.39 is 23.8 Å². The third kappa shape index (κ3) is 3.89. The zero-order chi connectivity index (χ0) is 22.0. The molecule has 1 atom stereocenters. The van der Waals surface area contributed by atoms with Crippen molar-refractivity contribution in [3.8, 4) is 11.5 Å². The maximum atomic E-state index is 12.8. The highest BCUT2D eigenvalue weighted by molar-refractivity contribution is 6.04. The predicted octanol–water partition coefficient (Wildman–Crippen LogP) is 3.81. The Morgan fingerprint density at radius 2 is 1.73 bits per heavy atom. The summed E-state index contributed by atoms with van der Waals surface area (Å²) in [7, 11) is 1.27. The quantitative estimate of drug-likeness (QED) is 0.486. The summed E-state index contributed by atoms with van der Waals surface area (Å²) >= 11 is 0. The SMILES string of the molecule is COC(=O)c1c(C)[nH]c(C(=O)[C@H](C)OC(=O)c2nc(-c3ccccc3)oc2C)c1C. The molecule has 0 bridgehead atoms. The van der Waals surface area contributed by atoms with Crippen molar-refractivity contribution in [2.45, 2.75) is 33.8 Å². The summed E-state index contributed by atoms with van der Waals surface area (Å²) in [6.45, 7) is 6.35. The van der Waals surface area contributed by atoms with Gasteiger partial charge in [0.1, 0.15) is 5.76 Å². The Kier molecular flexibility index (Phi) is 5.86. The van der Waals surface area contributed by atoms with Gasteiger partial charge >= 0.3 is 11.9 Å². The molecule has 2 heterocycles. The van der Waals surface area contributed by atoms with Crippen molar-refractivity contribution in [1.29, 1.82) is 0 Å². The number of methoxy groups -OCH3 is 1. The van der Waals surface area contributed by atoms with E-state index in [2.05, 4.69) is 9.97 Å². The maximum absolute atomic E-state index is 12.8. The molecular formula is C22H22N2O6. The number of hydrogen-bond donors (Lipinski definition) is 1. The molecular weight excluding hydrogens is 388 g/mol. The molecule has 0 aliphatic rings. The minimum absolute atomic E-state index is 0.00291. The number of nitrogens with zero attached hydrogens (tertiary/aromatic N) is 1. The number of aromatic nitrogens is 2. The molecule has 0 saturated heterocycles. The minimum Gasteiger partial charge on any atom is -0.465 e. The van der Waals surface area contributed by atoms with Crippen LogP contribution in [-0.4, -0.2) is 40.9 Å². The van der Waals surface area contributed by atoms with Crippen LogP contribution in [0, 0.1) is 20.8 Å². The number of carbonyl (C=O) groups excluding carboxylic acids is 3. The van der Waals surface area contributed by atoms with Gasteiger partial charge < -0.3 is 18.9 Å². The summed E-state index contributed by atoms with van der Waals surface area (Å²) in [4.78, 5) is 44.4. The van der Waals surface area contributed by atoms with E-state index in [-0.39, 0.29) is 17.3 Å². The van der Waals surface area contributed by atoms with Gasteiger partial charge in [0.25, 0.3) is 0 Å². The van der Waals surface area contributed by atoms with E-state index in [1.165, 1.54) is 14.0 Å². The molecule has 2 aromatic heterocycles.